The third kappa shape index (κ3) is 8.22. The van der Waals surface area contributed by atoms with Crippen molar-refractivity contribution in [2.24, 2.45) is 0 Å². The van der Waals surface area contributed by atoms with E-state index in [4.69, 9.17) is 9.66 Å². The van der Waals surface area contributed by atoms with Crippen LogP contribution < -0.4 is 5.32 Å². The van der Waals surface area contributed by atoms with Crippen molar-refractivity contribution < 1.29 is 32.4 Å². The van der Waals surface area contributed by atoms with Crippen molar-refractivity contribution >= 4 is 22.2 Å². The predicted octanol–water partition coefficient (Wildman–Crippen LogP) is -0.370. The highest BCUT2D eigenvalue weighted by molar-refractivity contribution is 7.85. The molecule has 0 aromatic carbocycles. The molecule has 8 nitrogen and oxygen atoms in total. The number of hydrogen-bond acceptors (Lipinski definition) is 5. The summed E-state index contributed by atoms with van der Waals surface area (Å²) in [4.78, 5) is 21.6. The van der Waals surface area contributed by atoms with E-state index in [9.17, 15) is 18.0 Å². The normalized spacial score (nSPS) is 12.5. The van der Waals surface area contributed by atoms with Crippen LogP contribution in [0, 0.1) is 0 Å². The lowest BCUT2D eigenvalue weighted by Gasteiger charge is -2.13. The van der Waals surface area contributed by atoms with E-state index < -0.39 is 40.4 Å². The van der Waals surface area contributed by atoms with Gasteiger partial charge in [0, 0.05) is 0 Å². The maximum absolute atomic E-state index is 11.0. The average molecular weight is 267 g/mol. The number of alkyl carbamates (subject to hydrolysis) is 1. The van der Waals surface area contributed by atoms with Gasteiger partial charge in [-0.05, 0) is 6.42 Å². The summed E-state index contributed by atoms with van der Waals surface area (Å²) >= 11 is 0. The fourth-order valence-corrected chi connectivity index (χ4v) is 1.38. The third-order valence-corrected chi connectivity index (χ3v) is 2.34. The van der Waals surface area contributed by atoms with Crippen molar-refractivity contribution in [2.75, 3.05) is 12.4 Å². The van der Waals surface area contributed by atoms with Crippen LogP contribution in [-0.2, 0) is 19.6 Å². The molecule has 0 saturated carbocycles. The summed E-state index contributed by atoms with van der Waals surface area (Å²) in [5.74, 6) is -2.20. The lowest BCUT2D eigenvalue weighted by molar-refractivity contribution is -0.139. The zero-order valence-corrected chi connectivity index (χ0v) is 9.64. The van der Waals surface area contributed by atoms with Gasteiger partial charge in [0.2, 0.25) is 0 Å². The van der Waals surface area contributed by atoms with Gasteiger partial charge in [-0.3, -0.25) is 4.55 Å². The van der Waals surface area contributed by atoms with Crippen molar-refractivity contribution in [2.45, 2.75) is 12.5 Å². The van der Waals surface area contributed by atoms with Crippen molar-refractivity contribution in [1.29, 1.82) is 0 Å². The Hall–Kier alpha value is -1.61. The van der Waals surface area contributed by atoms with Gasteiger partial charge in [-0.1, -0.05) is 12.7 Å². The zero-order chi connectivity index (χ0) is 13.5. The highest BCUT2D eigenvalue weighted by Gasteiger charge is 2.22. The fraction of sp³-hybridized carbons (Fsp3) is 0.500. The smallest absolute Gasteiger partial charge is 0.408 e. The number of carbonyl (C=O) groups excluding carboxylic acids is 1. The molecule has 1 unspecified atom stereocenters. The molecule has 3 N–H and O–H groups in total. The molecule has 0 rings (SSSR count). The lowest BCUT2D eigenvalue weighted by atomic mass is 10.2. The van der Waals surface area contributed by atoms with E-state index in [1.165, 1.54) is 6.08 Å². The number of ether oxygens (including phenoxy) is 1. The minimum absolute atomic E-state index is 0.101. The highest BCUT2D eigenvalue weighted by Crippen LogP contribution is 1.97. The van der Waals surface area contributed by atoms with E-state index >= 15 is 0 Å². The van der Waals surface area contributed by atoms with Gasteiger partial charge in [-0.25, -0.2) is 9.59 Å². The number of rotatable bonds is 7. The predicted molar refractivity (Wildman–Crippen MR) is 57.1 cm³/mol. The number of carbonyl (C=O) groups is 2. The molecule has 9 heteroatoms. The molecule has 0 fully saturated rings. The Kier molecular flexibility index (Phi) is 6.21. The molecule has 0 spiro atoms. The van der Waals surface area contributed by atoms with E-state index in [-0.39, 0.29) is 6.61 Å². The van der Waals surface area contributed by atoms with Crippen molar-refractivity contribution in [3.05, 3.63) is 12.7 Å². The first-order valence-electron chi connectivity index (χ1n) is 4.48. The molecule has 0 aliphatic rings. The summed E-state index contributed by atoms with van der Waals surface area (Å²) in [6.07, 6.45) is -0.183. The third-order valence-electron chi connectivity index (χ3n) is 1.59. The number of amides is 1. The number of hydrogen-bond donors (Lipinski definition) is 3. The number of carboxylic acid groups (broad SMARTS) is 1. The van der Waals surface area contributed by atoms with Crippen LogP contribution >= 0.6 is 0 Å². The van der Waals surface area contributed by atoms with E-state index in [0.29, 0.717) is 0 Å². The molecule has 98 valence electrons. The molecule has 0 aromatic heterocycles. The van der Waals surface area contributed by atoms with Gasteiger partial charge in [0.25, 0.3) is 10.1 Å². The summed E-state index contributed by atoms with van der Waals surface area (Å²) in [6.45, 7) is 3.18. The van der Waals surface area contributed by atoms with Gasteiger partial charge in [0.05, 0.1) is 5.75 Å². The van der Waals surface area contributed by atoms with Gasteiger partial charge in [-0.2, -0.15) is 8.42 Å². The van der Waals surface area contributed by atoms with Crippen molar-refractivity contribution in [1.82, 2.24) is 5.32 Å². The molecular formula is C8H13NO7S. The Morgan fingerprint density at radius 3 is 2.47 bits per heavy atom. The van der Waals surface area contributed by atoms with Crippen LogP contribution in [0.3, 0.4) is 0 Å². The first-order valence-corrected chi connectivity index (χ1v) is 6.09. The van der Waals surface area contributed by atoms with E-state index in [0.717, 1.165) is 0 Å². The second-order valence-electron chi connectivity index (χ2n) is 3.00. The van der Waals surface area contributed by atoms with E-state index in [1.807, 2.05) is 5.32 Å². The summed E-state index contributed by atoms with van der Waals surface area (Å²) in [5, 5.41) is 10.6. The average Bonchev–Trinajstić information content (AvgIpc) is 2.19. The summed E-state index contributed by atoms with van der Waals surface area (Å²) < 4.78 is 33.7. The van der Waals surface area contributed by atoms with Crippen LogP contribution in [0.25, 0.3) is 0 Å². The van der Waals surface area contributed by atoms with Crippen LogP contribution in [0.15, 0.2) is 12.7 Å². The second kappa shape index (κ2) is 6.86. The Morgan fingerprint density at radius 2 is 2.06 bits per heavy atom. The summed E-state index contributed by atoms with van der Waals surface area (Å²) in [5.41, 5.74) is 0. The number of carboxylic acids is 1. The molecule has 17 heavy (non-hydrogen) atoms. The van der Waals surface area contributed by atoms with Crippen LogP contribution in [0.4, 0.5) is 4.79 Å². The monoisotopic (exact) mass is 267 g/mol. The van der Waals surface area contributed by atoms with Crippen molar-refractivity contribution in [3.63, 3.8) is 0 Å². The summed E-state index contributed by atoms with van der Waals surface area (Å²) in [7, 11) is -4.28. The lowest BCUT2D eigenvalue weighted by Crippen LogP contribution is -2.42. The molecule has 0 aliphatic heterocycles. The first-order chi connectivity index (χ1) is 7.76. The number of aliphatic carboxylic acids is 1. The minimum Gasteiger partial charge on any atom is -0.480 e. The molecule has 0 radical (unpaired) electrons. The topological polar surface area (TPSA) is 130 Å². The second-order valence-corrected chi connectivity index (χ2v) is 4.57. The Bertz CT molecular complexity index is 389. The maximum atomic E-state index is 11.0. The van der Waals surface area contributed by atoms with E-state index in [2.05, 4.69) is 11.3 Å². The van der Waals surface area contributed by atoms with Gasteiger partial charge in [-0.15, -0.1) is 0 Å². The molecule has 1 amide bonds. The molecular weight excluding hydrogens is 254 g/mol. The first kappa shape index (κ1) is 15.4. The Labute approximate surface area is 98.0 Å². The SMILES string of the molecule is C=CCOC(=O)NC(CCS(=O)(=O)O)C(=O)O. The van der Waals surface area contributed by atoms with Crippen LogP contribution in [-0.4, -0.2) is 48.5 Å². The largest absolute Gasteiger partial charge is 0.480 e. The molecule has 0 heterocycles. The maximum Gasteiger partial charge on any atom is 0.408 e. The Balaban J connectivity index is 4.30. The van der Waals surface area contributed by atoms with Gasteiger partial charge >= 0.3 is 12.1 Å². The molecule has 0 saturated heterocycles. The Morgan fingerprint density at radius 1 is 1.47 bits per heavy atom. The molecule has 0 bridgehead atoms. The minimum atomic E-state index is -4.28. The van der Waals surface area contributed by atoms with Gasteiger partial charge < -0.3 is 15.2 Å². The quantitative estimate of drug-likeness (QED) is 0.423. The van der Waals surface area contributed by atoms with Gasteiger partial charge in [0.1, 0.15) is 12.6 Å². The van der Waals surface area contributed by atoms with Crippen LogP contribution in [0.2, 0.25) is 0 Å². The highest BCUT2D eigenvalue weighted by atomic mass is 32.2. The molecule has 0 aliphatic carbocycles. The zero-order valence-electron chi connectivity index (χ0n) is 8.83. The fourth-order valence-electron chi connectivity index (χ4n) is 0.843. The molecule has 1 atom stereocenters. The van der Waals surface area contributed by atoms with Crippen molar-refractivity contribution in [3.8, 4) is 0 Å². The standard InChI is InChI=1S/C8H13NO7S/c1-2-4-16-8(12)9-6(7(10)11)3-5-17(13,14)15/h2,6H,1,3-5H2,(H,9,12)(H,10,11)(H,13,14,15). The van der Waals surface area contributed by atoms with Crippen LogP contribution in [0.1, 0.15) is 6.42 Å². The van der Waals surface area contributed by atoms with E-state index in [1.54, 1.807) is 0 Å². The molecule has 0 aromatic rings. The summed E-state index contributed by atoms with van der Waals surface area (Å²) in [6, 6.07) is -1.45. The van der Waals surface area contributed by atoms with Crippen LogP contribution in [0.5, 0.6) is 0 Å². The van der Waals surface area contributed by atoms with Gasteiger partial charge in [0.15, 0.2) is 0 Å². The number of nitrogens with one attached hydrogen (secondary N) is 1.